The van der Waals surface area contributed by atoms with E-state index in [0.29, 0.717) is 22.3 Å². The summed E-state index contributed by atoms with van der Waals surface area (Å²) in [5.74, 6) is 1.51. The van der Waals surface area contributed by atoms with Gasteiger partial charge in [-0.2, -0.15) is 0 Å². The molecule has 0 fully saturated rings. The van der Waals surface area contributed by atoms with E-state index in [-0.39, 0.29) is 5.56 Å². The lowest BCUT2D eigenvalue weighted by Crippen LogP contribution is -2.01. The minimum atomic E-state index is -1.02. The largest absolute Gasteiger partial charge is 0.478 e. The first-order valence-corrected chi connectivity index (χ1v) is 6.25. The predicted molar refractivity (Wildman–Crippen MR) is 79.9 cm³/mol. The van der Waals surface area contributed by atoms with Crippen molar-refractivity contribution in [1.82, 2.24) is 9.97 Å². The molecule has 2 heterocycles. The molecule has 0 bridgehead atoms. The third-order valence-electron chi connectivity index (χ3n) is 3.19. The minimum absolute atomic E-state index is 0.162. The number of fused-ring (bicyclic) bond motifs is 1. The first kappa shape index (κ1) is 12.8. The molecule has 0 saturated heterocycles. The van der Waals surface area contributed by atoms with Gasteiger partial charge in [0.25, 0.3) is 0 Å². The van der Waals surface area contributed by atoms with Gasteiger partial charge >= 0.3 is 5.97 Å². The fraction of sp³-hybridized carbons (Fsp3) is 0. The molecule has 0 atom stereocenters. The Labute approximate surface area is 121 Å². The zero-order valence-corrected chi connectivity index (χ0v) is 10.9. The molecule has 4 heteroatoms. The summed E-state index contributed by atoms with van der Waals surface area (Å²) in [6.07, 6.45) is 8.75. The Bertz CT molecular complexity index is 895. The molecule has 1 N–H and O–H groups in total. The molecule has 0 aliphatic carbocycles. The van der Waals surface area contributed by atoms with Crippen LogP contribution in [-0.4, -0.2) is 21.0 Å². The van der Waals surface area contributed by atoms with Crippen LogP contribution < -0.4 is 0 Å². The molecule has 0 aliphatic heterocycles. The Morgan fingerprint density at radius 3 is 2.81 bits per heavy atom. The van der Waals surface area contributed by atoms with Crippen LogP contribution in [0.1, 0.15) is 15.9 Å². The number of terminal acetylenes is 1. The zero-order valence-electron chi connectivity index (χ0n) is 10.9. The van der Waals surface area contributed by atoms with Gasteiger partial charge in [0.2, 0.25) is 0 Å². The van der Waals surface area contributed by atoms with Crippen LogP contribution in [-0.2, 0) is 0 Å². The van der Waals surface area contributed by atoms with Crippen molar-refractivity contribution in [1.29, 1.82) is 0 Å². The Hall–Kier alpha value is -3.19. The van der Waals surface area contributed by atoms with Crippen molar-refractivity contribution in [3.05, 3.63) is 59.9 Å². The maximum absolute atomic E-state index is 11.4. The van der Waals surface area contributed by atoms with Crippen molar-refractivity contribution >= 4 is 17.0 Å². The molecule has 4 nitrogen and oxygen atoms in total. The van der Waals surface area contributed by atoms with Gasteiger partial charge in [-0.25, -0.2) is 14.8 Å². The SMILES string of the molecule is C#Cc1cccc(C(=O)O)c1-c1cnc2ncccc2c1. The summed E-state index contributed by atoms with van der Waals surface area (Å²) >= 11 is 0. The van der Waals surface area contributed by atoms with Crippen molar-refractivity contribution in [3.8, 4) is 23.5 Å². The predicted octanol–water partition coefficient (Wildman–Crippen LogP) is 2.98. The number of rotatable bonds is 2. The van der Waals surface area contributed by atoms with Crippen molar-refractivity contribution < 1.29 is 9.90 Å². The van der Waals surface area contributed by atoms with Gasteiger partial charge < -0.3 is 5.11 Å². The van der Waals surface area contributed by atoms with Crippen LogP contribution in [0.4, 0.5) is 0 Å². The topological polar surface area (TPSA) is 63.1 Å². The molecule has 21 heavy (non-hydrogen) atoms. The summed E-state index contributed by atoms with van der Waals surface area (Å²) in [6, 6.07) is 10.4. The van der Waals surface area contributed by atoms with Crippen LogP contribution in [0.25, 0.3) is 22.2 Å². The van der Waals surface area contributed by atoms with Gasteiger partial charge in [0.1, 0.15) is 0 Å². The molecule has 1 aromatic carbocycles. The Morgan fingerprint density at radius 1 is 1.19 bits per heavy atom. The number of carboxylic acids is 1. The van der Waals surface area contributed by atoms with Crippen molar-refractivity contribution in [2.75, 3.05) is 0 Å². The molecule has 0 unspecified atom stereocenters. The summed E-state index contributed by atoms with van der Waals surface area (Å²) in [7, 11) is 0. The molecule has 0 saturated carbocycles. The highest BCUT2D eigenvalue weighted by atomic mass is 16.4. The van der Waals surface area contributed by atoms with E-state index >= 15 is 0 Å². The average molecular weight is 274 g/mol. The second kappa shape index (κ2) is 5.06. The van der Waals surface area contributed by atoms with Crippen LogP contribution in [0.15, 0.2) is 48.8 Å². The van der Waals surface area contributed by atoms with E-state index in [9.17, 15) is 9.90 Å². The number of carboxylic acid groups (broad SMARTS) is 1. The summed E-state index contributed by atoms with van der Waals surface area (Å²) in [4.78, 5) is 19.8. The molecule has 2 aromatic heterocycles. The van der Waals surface area contributed by atoms with E-state index in [1.54, 1.807) is 30.6 Å². The van der Waals surface area contributed by atoms with Crippen LogP contribution in [0.2, 0.25) is 0 Å². The van der Waals surface area contributed by atoms with E-state index in [1.807, 2.05) is 12.1 Å². The van der Waals surface area contributed by atoms with E-state index in [0.717, 1.165) is 5.39 Å². The van der Waals surface area contributed by atoms with Crippen molar-refractivity contribution in [2.45, 2.75) is 0 Å². The summed E-state index contributed by atoms with van der Waals surface area (Å²) in [5.41, 5.74) is 2.47. The quantitative estimate of drug-likeness (QED) is 0.730. The number of pyridine rings is 2. The average Bonchev–Trinajstić information content (AvgIpc) is 2.53. The van der Waals surface area contributed by atoms with Crippen molar-refractivity contribution in [2.24, 2.45) is 0 Å². The van der Waals surface area contributed by atoms with E-state index in [4.69, 9.17) is 6.42 Å². The monoisotopic (exact) mass is 274 g/mol. The zero-order chi connectivity index (χ0) is 14.8. The second-order valence-corrected chi connectivity index (χ2v) is 4.45. The second-order valence-electron chi connectivity index (χ2n) is 4.45. The lowest BCUT2D eigenvalue weighted by atomic mass is 9.95. The van der Waals surface area contributed by atoms with Crippen molar-refractivity contribution in [3.63, 3.8) is 0 Å². The number of carbonyl (C=O) groups is 1. The highest BCUT2D eigenvalue weighted by molar-refractivity contribution is 5.98. The Balaban J connectivity index is 2.32. The van der Waals surface area contributed by atoms with Gasteiger partial charge in [-0.1, -0.05) is 12.0 Å². The highest BCUT2D eigenvalue weighted by Crippen LogP contribution is 2.29. The van der Waals surface area contributed by atoms with Crippen LogP contribution in [0.5, 0.6) is 0 Å². The first-order chi connectivity index (χ1) is 10.2. The third-order valence-corrected chi connectivity index (χ3v) is 3.19. The van der Waals surface area contributed by atoms with E-state index in [2.05, 4.69) is 15.9 Å². The van der Waals surface area contributed by atoms with Gasteiger partial charge in [-0.15, -0.1) is 6.42 Å². The fourth-order valence-electron chi connectivity index (χ4n) is 2.26. The molecule has 0 radical (unpaired) electrons. The number of hydrogen-bond acceptors (Lipinski definition) is 3. The fourth-order valence-corrected chi connectivity index (χ4v) is 2.26. The van der Waals surface area contributed by atoms with Gasteiger partial charge in [-0.3, -0.25) is 0 Å². The third kappa shape index (κ3) is 2.21. The van der Waals surface area contributed by atoms with Crippen LogP contribution in [0, 0.1) is 12.3 Å². The molecule has 0 amide bonds. The van der Waals surface area contributed by atoms with Crippen LogP contribution in [0.3, 0.4) is 0 Å². The molecule has 3 rings (SSSR count). The molecular weight excluding hydrogens is 264 g/mol. The number of nitrogens with zero attached hydrogens (tertiary/aromatic N) is 2. The molecule has 0 aliphatic rings. The van der Waals surface area contributed by atoms with E-state index in [1.165, 1.54) is 6.07 Å². The Kier molecular flexibility index (Phi) is 3.09. The standard InChI is InChI=1S/C17H10N2O2/c1-2-11-5-3-7-14(17(20)21)15(11)13-9-12-6-4-8-18-16(12)19-10-13/h1,3-10H,(H,20,21). The minimum Gasteiger partial charge on any atom is -0.478 e. The molecule has 100 valence electrons. The van der Waals surface area contributed by atoms with Crippen LogP contribution >= 0.6 is 0 Å². The normalized spacial score (nSPS) is 10.2. The van der Waals surface area contributed by atoms with Gasteiger partial charge in [-0.05, 0) is 30.3 Å². The summed E-state index contributed by atoms with van der Waals surface area (Å²) in [6.45, 7) is 0. The first-order valence-electron chi connectivity index (χ1n) is 6.25. The molecule has 0 spiro atoms. The van der Waals surface area contributed by atoms with E-state index < -0.39 is 5.97 Å². The van der Waals surface area contributed by atoms with Gasteiger partial charge in [0.15, 0.2) is 5.65 Å². The van der Waals surface area contributed by atoms with Gasteiger partial charge in [0.05, 0.1) is 5.56 Å². The number of aromatic nitrogens is 2. The number of aromatic carboxylic acids is 1. The number of benzene rings is 1. The van der Waals surface area contributed by atoms with Gasteiger partial charge in [0, 0.05) is 34.5 Å². The smallest absolute Gasteiger partial charge is 0.336 e. The number of hydrogen-bond donors (Lipinski definition) is 1. The lowest BCUT2D eigenvalue weighted by molar-refractivity contribution is 0.0697. The molecular formula is C17H10N2O2. The Morgan fingerprint density at radius 2 is 2.05 bits per heavy atom. The molecule has 3 aromatic rings. The summed E-state index contributed by atoms with van der Waals surface area (Å²) < 4.78 is 0. The maximum atomic E-state index is 11.4. The highest BCUT2D eigenvalue weighted by Gasteiger charge is 2.15. The summed E-state index contributed by atoms with van der Waals surface area (Å²) in [5, 5.41) is 10.2. The maximum Gasteiger partial charge on any atom is 0.336 e. The lowest BCUT2D eigenvalue weighted by Gasteiger charge is -2.09.